The van der Waals surface area contributed by atoms with Gasteiger partial charge in [0.25, 0.3) is 0 Å². The molecule has 3 aromatic rings. The minimum absolute atomic E-state index is 0.0442. The number of amidine groups is 1. The Hall–Kier alpha value is -3.51. The van der Waals surface area contributed by atoms with E-state index in [1.54, 1.807) is 19.2 Å². The van der Waals surface area contributed by atoms with Gasteiger partial charge < -0.3 is 26.3 Å². The summed E-state index contributed by atoms with van der Waals surface area (Å²) in [6.45, 7) is 0.874. The Bertz CT molecular complexity index is 943. The molecule has 0 saturated carbocycles. The van der Waals surface area contributed by atoms with Crippen molar-refractivity contribution in [2.75, 3.05) is 19.0 Å². The maximum Gasteiger partial charge on any atom is 0.161 e. The van der Waals surface area contributed by atoms with E-state index < -0.39 is 0 Å². The third kappa shape index (κ3) is 5.27. The highest BCUT2D eigenvalue weighted by atomic mass is 16.5. The van der Waals surface area contributed by atoms with E-state index in [2.05, 4.69) is 5.32 Å². The van der Waals surface area contributed by atoms with Crippen LogP contribution in [0.1, 0.15) is 22.7 Å². The van der Waals surface area contributed by atoms with E-state index >= 15 is 0 Å². The smallest absolute Gasteiger partial charge is 0.161 e. The number of nitrogen functional groups attached to an aromatic ring is 1. The first-order valence-corrected chi connectivity index (χ1v) is 9.36. The normalized spacial score (nSPS) is 11.5. The molecule has 0 fully saturated rings. The van der Waals surface area contributed by atoms with Crippen LogP contribution in [0.2, 0.25) is 0 Å². The average Bonchev–Trinajstić information content (AvgIpc) is 2.77. The van der Waals surface area contributed by atoms with E-state index in [0.717, 1.165) is 16.8 Å². The third-order valence-corrected chi connectivity index (χ3v) is 4.60. The molecule has 3 aromatic carbocycles. The fourth-order valence-corrected chi connectivity index (χ4v) is 2.98. The van der Waals surface area contributed by atoms with Gasteiger partial charge in [-0.05, 0) is 47.5 Å². The van der Waals surface area contributed by atoms with Gasteiger partial charge in [0.05, 0.1) is 13.2 Å². The van der Waals surface area contributed by atoms with Gasteiger partial charge in [0.2, 0.25) is 0 Å². The Morgan fingerprint density at radius 2 is 1.72 bits per heavy atom. The first-order chi connectivity index (χ1) is 14.1. The highest BCUT2D eigenvalue weighted by Crippen LogP contribution is 2.32. The number of hydrogen-bond acceptors (Lipinski definition) is 5. The molecule has 0 aromatic heterocycles. The lowest BCUT2D eigenvalue weighted by atomic mass is 10.1. The third-order valence-electron chi connectivity index (χ3n) is 4.60. The van der Waals surface area contributed by atoms with Gasteiger partial charge in [-0.2, -0.15) is 0 Å². The van der Waals surface area contributed by atoms with Crippen LogP contribution in [0.25, 0.3) is 0 Å². The first kappa shape index (κ1) is 20.2. The second-order valence-corrected chi connectivity index (χ2v) is 6.61. The predicted octanol–water partition coefficient (Wildman–Crippen LogP) is 3.67. The molecule has 150 valence electrons. The van der Waals surface area contributed by atoms with Crippen molar-refractivity contribution in [3.05, 3.63) is 89.5 Å². The zero-order chi connectivity index (χ0) is 20.6. The Kier molecular flexibility index (Phi) is 6.71. The molecule has 3 rings (SSSR count). The van der Waals surface area contributed by atoms with Crippen molar-refractivity contribution in [2.24, 2.45) is 11.5 Å². The van der Waals surface area contributed by atoms with Crippen LogP contribution in [0.5, 0.6) is 11.5 Å². The summed E-state index contributed by atoms with van der Waals surface area (Å²) in [4.78, 5) is 0. The van der Waals surface area contributed by atoms with E-state index in [-0.39, 0.29) is 11.9 Å². The minimum atomic E-state index is -0.102. The zero-order valence-electron chi connectivity index (χ0n) is 16.4. The van der Waals surface area contributed by atoms with Gasteiger partial charge in [-0.3, -0.25) is 5.41 Å². The van der Waals surface area contributed by atoms with Crippen LogP contribution in [0.15, 0.2) is 72.8 Å². The van der Waals surface area contributed by atoms with Crippen molar-refractivity contribution in [1.82, 2.24) is 0 Å². The molecule has 1 unspecified atom stereocenters. The molecule has 0 amide bonds. The van der Waals surface area contributed by atoms with E-state index in [0.29, 0.717) is 30.2 Å². The second-order valence-electron chi connectivity index (χ2n) is 6.61. The Morgan fingerprint density at radius 1 is 1.00 bits per heavy atom. The first-order valence-electron chi connectivity index (χ1n) is 9.36. The highest BCUT2D eigenvalue weighted by Gasteiger charge is 2.14. The molecular weight excluding hydrogens is 364 g/mol. The number of ether oxygens (including phenoxy) is 2. The molecule has 0 aliphatic heterocycles. The summed E-state index contributed by atoms with van der Waals surface area (Å²) in [5.41, 5.74) is 15.2. The molecule has 0 heterocycles. The fourth-order valence-electron chi connectivity index (χ4n) is 2.98. The van der Waals surface area contributed by atoms with Crippen LogP contribution in [0, 0.1) is 5.41 Å². The zero-order valence-corrected chi connectivity index (χ0v) is 16.4. The van der Waals surface area contributed by atoms with E-state index in [9.17, 15) is 0 Å². The monoisotopic (exact) mass is 390 g/mol. The van der Waals surface area contributed by atoms with Crippen LogP contribution in [0.3, 0.4) is 0 Å². The Balaban J connectivity index is 1.73. The van der Waals surface area contributed by atoms with Crippen LogP contribution >= 0.6 is 0 Å². The molecule has 29 heavy (non-hydrogen) atoms. The molecule has 0 bridgehead atoms. The highest BCUT2D eigenvalue weighted by molar-refractivity contribution is 5.95. The molecular formula is C23H26N4O2. The lowest BCUT2D eigenvalue weighted by Crippen LogP contribution is -2.20. The summed E-state index contributed by atoms with van der Waals surface area (Å²) in [5.74, 6) is 1.38. The van der Waals surface area contributed by atoms with Gasteiger partial charge in [0.15, 0.2) is 11.5 Å². The van der Waals surface area contributed by atoms with Crippen LogP contribution < -0.4 is 26.3 Å². The summed E-state index contributed by atoms with van der Waals surface area (Å²) >= 11 is 0. The number of nitrogens with one attached hydrogen (secondary N) is 2. The maximum atomic E-state index is 7.48. The molecule has 0 saturated heterocycles. The molecule has 0 spiro atoms. The minimum Gasteiger partial charge on any atom is -0.493 e. The number of benzene rings is 3. The summed E-state index contributed by atoms with van der Waals surface area (Å²) in [6, 6.07) is 23.1. The summed E-state index contributed by atoms with van der Waals surface area (Å²) < 4.78 is 11.5. The number of nitrogens with two attached hydrogens (primary N) is 2. The van der Waals surface area contributed by atoms with E-state index in [4.69, 9.17) is 26.4 Å². The molecule has 6 N–H and O–H groups in total. The number of rotatable bonds is 9. The summed E-state index contributed by atoms with van der Waals surface area (Å²) in [5, 5.41) is 10.9. The quantitative estimate of drug-likeness (QED) is 0.329. The molecule has 0 radical (unpaired) electrons. The Morgan fingerprint density at radius 3 is 2.34 bits per heavy atom. The molecule has 6 nitrogen and oxygen atoms in total. The Labute approximate surface area is 171 Å². The van der Waals surface area contributed by atoms with Crippen molar-refractivity contribution in [3.8, 4) is 11.5 Å². The van der Waals surface area contributed by atoms with Crippen molar-refractivity contribution in [3.63, 3.8) is 0 Å². The largest absolute Gasteiger partial charge is 0.493 e. The second kappa shape index (κ2) is 9.61. The van der Waals surface area contributed by atoms with Crippen molar-refractivity contribution in [2.45, 2.75) is 12.6 Å². The van der Waals surface area contributed by atoms with Crippen LogP contribution in [0.4, 0.5) is 5.69 Å². The lowest BCUT2D eigenvalue weighted by Gasteiger charge is -2.20. The topological polar surface area (TPSA) is 106 Å². The van der Waals surface area contributed by atoms with E-state index in [1.807, 2.05) is 60.7 Å². The molecule has 1 atom stereocenters. The van der Waals surface area contributed by atoms with Gasteiger partial charge in [-0.25, -0.2) is 0 Å². The number of anilines is 1. The molecule has 0 aliphatic carbocycles. The van der Waals surface area contributed by atoms with Gasteiger partial charge in [0, 0.05) is 17.8 Å². The lowest BCUT2D eigenvalue weighted by molar-refractivity contribution is 0.284. The van der Waals surface area contributed by atoms with Crippen molar-refractivity contribution >= 4 is 11.5 Å². The van der Waals surface area contributed by atoms with E-state index in [1.165, 1.54) is 0 Å². The van der Waals surface area contributed by atoms with Crippen molar-refractivity contribution in [1.29, 1.82) is 5.41 Å². The predicted molar refractivity (Wildman–Crippen MR) is 117 cm³/mol. The molecule has 6 heteroatoms. The summed E-state index contributed by atoms with van der Waals surface area (Å²) in [6.07, 6.45) is 0. The van der Waals surface area contributed by atoms with Gasteiger partial charge >= 0.3 is 0 Å². The average molecular weight is 390 g/mol. The van der Waals surface area contributed by atoms with Gasteiger partial charge in [-0.15, -0.1) is 0 Å². The SMILES string of the molecule is COc1cc(C(CN)Nc2ccc(C(=N)N)cc2)ccc1OCc1ccccc1. The number of methoxy groups -OCH3 is 1. The van der Waals surface area contributed by atoms with Gasteiger partial charge in [-0.1, -0.05) is 36.4 Å². The summed E-state index contributed by atoms with van der Waals surface area (Å²) in [7, 11) is 1.62. The van der Waals surface area contributed by atoms with Crippen molar-refractivity contribution < 1.29 is 9.47 Å². The molecule has 0 aliphatic rings. The number of hydrogen-bond donors (Lipinski definition) is 4. The standard InChI is InChI=1S/C23H26N4O2/c1-28-22-13-18(9-12-21(22)29-15-16-5-3-2-4-6-16)20(14-24)27-19-10-7-17(8-11-19)23(25)26/h2-13,20,27H,14-15,24H2,1H3,(H3,25,26). The van der Waals surface area contributed by atoms with Crippen LogP contribution in [-0.4, -0.2) is 19.5 Å². The van der Waals surface area contributed by atoms with Gasteiger partial charge in [0.1, 0.15) is 12.4 Å². The maximum absolute atomic E-state index is 7.48. The van der Waals surface area contributed by atoms with Crippen LogP contribution in [-0.2, 0) is 6.61 Å². The fraction of sp³-hybridized carbons (Fsp3) is 0.174.